The Balaban J connectivity index is 1.48. The lowest BCUT2D eigenvalue weighted by Gasteiger charge is -2.19. The zero-order valence-corrected chi connectivity index (χ0v) is 17.4. The highest BCUT2D eigenvalue weighted by molar-refractivity contribution is 5.92. The lowest BCUT2D eigenvalue weighted by Crippen LogP contribution is -2.29. The van der Waals surface area contributed by atoms with Crippen molar-refractivity contribution in [1.82, 2.24) is 15.5 Å². The predicted octanol–water partition coefficient (Wildman–Crippen LogP) is 4.78. The summed E-state index contributed by atoms with van der Waals surface area (Å²) in [6.07, 6.45) is 3.41. The third kappa shape index (κ3) is 4.80. The van der Waals surface area contributed by atoms with Crippen LogP contribution in [0.1, 0.15) is 44.5 Å². The molecule has 0 aliphatic rings. The van der Waals surface area contributed by atoms with Gasteiger partial charge in [-0.2, -0.15) is 0 Å². The van der Waals surface area contributed by atoms with Crippen LogP contribution in [0.3, 0.4) is 0 Å². The number of hydrogen-bond acceptors (Lipinski definition) is 5. The molecule has 4 rings (SSSR count). The number of ether oxygens (including phenoxy) is 1. The number of hydrogen-bond donors (Lipinski definition) is 1. The average Bonchev–Trinajstić information content (AvgIpc) is 3.27. The maximum absolute atomic E-state index is 12.9. The zero-order valence-electron chi connectivity index (χ0n) is 17.4. The number of rotatable bonds is 7. The van der Waals surface area contributed by atoms with E-state index in [0.717, 1.165) is 28.0 Å². The first-order valence-corrected chi connectivity index (χ1v) is 10.0. The SMILES string of the molecule is Cc1cccc(C)c1OCc1cc(C(=O)NC(c2ccccc2)c2ccncc2)no1. The number of pyridine rings is 1. The fourth-order valence-electron chi connectivity index (χ4n) is 3.42. The maximum Gasteiger partial charge on any atom is 0.274 e. The molecule has 0 aliphatic carbocycles. The van der Waals surface area contributed by atoms with Crippen LogP contribution in [0.4, 0.5) is 0 Å². The molecule has 0 aliphatic heterocycles. The summed E-state index contributed by atoms with van der Waals surface area (Å²) in [6.45, 7) is 4.17. The van der Waals surface area contributed by atoms with Crippen LogP contribution in [0.5, 0.6) is 5.75 Å². The number of benzene rings is 2. The lowest BCUT2D eigenvalue weighted by atomic mass is 9.99. The molecule has 0 saturated heterocycles. The normalized spacial score (nSPS) is 11.7. The number of nitrogens with one attached hydrogen (secondary N) is 1. The van der Waals surface area contributed by atoms with E-state index in [9.17, 15) is 4.79 Å². The Hall–Kier alpha value is -3.93. The molecular formula is C25H23N3O3. The van der Waals surface area contributed by atoms with E-state index in [1.807, 2.05) is 74.5 Å². The number of aromatic nitrogens is 2. The van der Waals surface area contributed by atoms with Gasteiger partial charge in [0.2, 0.25) is 0 Å². The third-order valence-electron chi connectivity index (χ3n) is 5.01. The van der Waals surface area contributed by atoms with Crippen LogP contribution in [0, 0.1) is 13.8 Å². The van der Waals surface area contributed by atoms with Gasteiger partial charge in [0.1, 0.15) is 12.4 Å². The fourth-order valence-corrected chi connectivity index (χ4v) is 3.42. The van der Waals surface area contributed by atoms with Gasteiger partial charge >= 0.3 is 0 Å². The van der Waals surface area contributed by atoms with E-state index in [0.29, 0.717) is 5.76 Å². The van der Waals surface area contributed by atoms with Crippen molar-refractivity contribution in [2.75, 3.05) is 0 Å². The van der Waals surface area contributed by atoms with Crippen LogP contribution in [-0.2, 0) is 6.61 Å². The monoisotopic (exact) mass is 413 g/mol. The fraction of sp³-hybridized carbons (Fsp3) is 0.160. The molecule has 156 valence electrons. The Morgan fingerprint density at radius 2 is 1.65 bits per heavy atom. The van der Waals surface area contributed by atoms with Gasteiger partial charge in [-0.05, 0) is 48.2 Å². The summed E-state index contributed by atoms with van der Waals surface area (Å²) in [7, 11) is 0. The van der Waals surface area contributed by atoms with Gasteiger partial charge in [0, 0.05) is 18.5 Å². The van der Waals surface area contributed by atoms with Gasteiger partial charge in [-0.1, -0.05) is 53.7 Å². The topological polar surface area (TPSA) is 77.2 Å². The van der Waals surface area contributed by atoms with Gasteiger partial charge in [-0.3, -0.25) is 9.78 Å². The van der Waals surface area contributed by atoms with E-state index in [4.69, 9.17) is 9.26 Å². The molecule has 0 saturated carbocycles. The quantitative estimate of drug-likeness (QED) is 0.472. The van der Waals surface area contributed by atoms with Crippen molar-refractivity contribution in [3.63, 3.8) is 0 Å². The second kappa shape index (κ2) is 9.26. The third-order valence-corrected chi connectivity index (χ3v) is 5.01. The van der Waals surface area contributed by atoms with Crippen molar-refractivity contribution in [1.29, 1.82) is 0 Å². The Kier molecular flexibility index (Phi) is 6.08. The van der Waals surface area contributed by atoms with Crippen molar-refractivity contribution in [2.24, 2.45) is 0 Å². The van der Waals surface area contributed by atoms with Crippen LogP contribution in [0.2, 0.25) is 0 Å². The Bertz CT molecular complexity index is 1100. The minimum Gasteiger partial charge on any atom is -0.485 e. The Morgan fingerprint density at radius 1 is 0.968 bits per heavy atom. The van der Waals surface area contributed by atoms with Gasteiger partial charge < -0.3 is 14.6 Å². The highest BCUT2D eigenvalue weighted by Crippen LogP contribution is 2.24. The second-order valence-corrected chi connectivity index (χ2v) is 7.29. The smallest absolute Gasteiger partial charge is 0.274 e. The molecule has 2 heterocycles. The maximum atomic E-state index is 12.9. The molecule has 31 heavy (non-hydrogen) atoms. The molecule has 0 bridgehead atoms. The average molecular weight is 413 g/mol. The van der Waals surface area contributed by atoms with E-state index in [2.05, 4.69) is 15.5 Å². The van der Waals surface area contributed by atoms with Crippen LogP contribution in [0.25, 0.3) is 0 Å². The van der Waals surface area contributed by atoms with Gasteiger partial charge in [0.05, 0.1) is 6.04 Å². The standard InChI is InChI=1S/C25H23N3O3/c1-17-7-6-8-18(2)24(17)30-16-21-15-22(28-31-21)25(29)27-23(19-9-4-3-5-10-19)20-11-13-26-14-12-20/h3-15,23H,16H2,1-2H3,(H,27,29). The van der Waals surface area contributed by atoms with Gasteiger partial charge in [-0.25, -0.2) is 0 Å². The largest absolute Gasteiger partial charge is 0.485 e. The highest BCUT2D eigenvalue weighted by atomic mass is 16.5. The summed E-state index contributed by atoms with van der Waals surface area (Å²) in [5, 5.41) is 6.98. The van der Waals surface area contributed by atoms with Gasteiger partial charge in [-0.15, -0.1) is 0 Å². The van der Waals surface area contributed by atoms with E-state index in [1.54, 1.807) is 18.5 Å². The number of aryl methyl sites for hydroxylation is 2. The molecule has 2 aromatic carbocycles. The van der Waals surface area contributed by atoms with E-state index < -0.39 is 0 Å². The first-order chi connectivity index (χ1) is 15.1. The molecular weight excluding hydrogens is 390 g/mol. The Labute approximate surface area is 180 Å². The molecule has 6 nitrogen and oxygen atoms in total. The summed E-state index contributed by atoms with van der Waals surface area (Å²) in [5.41, 5.74) is 4.18. The molecule has 2 aromatic heterocycles. The van der Waals surface area contributed by atoms with Crippen LogP contribution < -0.4 is 10.1 Å². The molecule has 1 atom stereocenters. The molecule has 1 unspecified atom stereocenters. The summed E-state index contributed by atoms with van der Waals surface area (Å²) < 4.78 is 11.2. The zero-order chi connectivity index (χ0) is 21.6. The van der Waals surface area contributed by atoms with Crippen molar-refractivity contribution in [3.05, 3.63) is 113 Å². The minimum atomic E-state index is -0.331. The van der Waals surface area contributed by atoms with Crippen LogP contribution in [0.15, 0.2) is 83.6 Å². The van der Waals surface area contributed by atoms with Crippen molar-refractivity contribution >= 4 is 5.91 Å². The number of para-hydroxylation sites is 1. The van der Waals surface area contributed by atoms with E-state index in [1.165, 1.54) is 0 Å². The minimum absolute atomic E-state index is 0.193. The molecule has 6 heteroatoms. The van der Waals surface area contributed by atoms with Crippen molar-refractivity contribution < 1.29 is 14.1 Å². The van der Waals surface area contributed by atoms with E-state index in [-0.39, 0.29) is 24.2 Å². The first-order valence-electron chi connectivity index (χ1n) is 10.0. The number of carbonyl (C=O) groups excluding carboxylic acids is 1. The Morgan fingerprint density at radius 3 is 2.35 bits per heavy atom. The molecule has 1 amide bonds. The summed E-state index contributed by atoms with van der Waals surface area (Å²) in [5.74, 6) is 0.965. The van der Waals surface area contributed by atoms with Crippen molar-refractivity contribution in [2.45, 2.75) is 26.5 Å². The molecule has 1 N–H and O–H groups in total. The van der Waals surface area contributed by atoms with Gasteiger partial charge in [0.25, 0.3) is 5.91 Å². The summed E-state index contributed by atoms with van der Waals surface area (Å²) in [6, 6.07) is 20.8. The molecule has 0 radical (unpaired) electrons. The predicted molar refractivity (Wildman–Crippen MR) is 117 cm³/mol. The molecule has 0 spiro atoms. The number of carbonyl (C=O) groups is 1. The lowest BCUT2D eigenvalue weighted by molar-refractivity contribution is 0.0933. The van der Waals surface area contributed by atoms with Crippen molar-refractivity contribution in [3.8, 4) is 5.75 Å². The number of nitrogens with zero attached hydrogens (tertiary/aromatic N) is 2. The van der Waals surface area contributed by atoms with Crippen LogP contribution in [-0.4, -0.2) is 16.0 Å². The van der Waals surface area contributed by atoms with Gasteiger partial charge in [0.15, 0.2) is 11.5 Å². The molecule has 4 aromatic rings. The highest BCUT2D eigenvalue weighted by Gasteiger charge is 2.20. The first kappa shape index (κ1) is 20.3. The molecule has 0 fully saturated rings. The van der Waals surface area contributed by atoms with Crippen LogP contribution >= 0.6 is 0 Å². The second-order valence-electron chi connectivity index (χ2n) is 7.29. The summed E-state index contributed by atoms with van der Waals surface area (Å²) in [4.78, 5) is 17.0. The van der Waals surface area contributed by atoms with E-state index >= 15 is 0 Å². The summed E-state index contributed by atoms with van der Waals surface area (Å²) >= 11 is 0. The number of amides is 1.